The van der Waals surface area contributed by atoms with Crippen LogP contribution in [0, 0.1) is 0 Å². The summed E-state index contributed by atoms with van der Waals surface area (Å²) in [7, 11) is 0. The fourth-order valence-corrected chi connectivity index (χ4v) is 1.86. The summed E-state index contributed by atoms with van der Waals surface area (Å²) in [5, 5.41) is 2.53. The molecule has 5 heteroatoms. The van der Waals surface area contributed by atoms with Gasteiger partial charge in [-0.05, 0) is 24.6 Å². The second-order valence-electron chi connectivity index (χ2n) is 4.89. The van der Waals surface area contributed by atoms with Crippen molar-refractivity contribution in [3.05, 3.63) is 66.0 Å². The van der Waals surface area contributed by atoms with Crippen molar-refractivity contribution < 1.29 is 14.3 Å². The van der Waals surface area contributed by atoms with Gasteiger partial charge in [0, 0.05) is 11.9 Å². The number of carbonyl (C=O) groups is 2. The lowest BCUT2D eigenvalue weighted by molar-refractivity contribution is -0.120. The Labute approximate surface area is 129 Å². The van der Waals surface area contributed by atoms with Crippen LogP contribution in [0.3, 0.4) is 0 Å². The molecule has 0 unspecified atom stereocenters. The molecule has 0 radical (unpaired) electrons. The number of ketones is 1. The van der Waals surface area contributed by atoms with E-state index in [-0.39, 0.29) is 18.8 Å². The van der Waals surface area contributed by atoms with Gasteiger partial charge < -0.3 is 10.1 Å². The number of ether oxygens (including phenoxy) is 1. The number of hydrogen-bond donors (Lipinski definition) is 1. The normalized spacial score (nSPS) is 11.5. The molecule has 1 amide bonds. The number of carbonyl (C=O) groups excluding carboxylic acids is 2. The first-order valence-corrected chi connectivity index (χ1v) is 7.05. The Bertz CT molecular complexity index is 614. The molecule has 0 fully saturated rings. The topological polar surface area (TPSA) is 68.3 Å². The Morgan fingerprint density at radius 3 is 2.55 bits per heavy atom. The van der Waals surface area contributed by atoms with Crippen molar-refractivity contribution in [2.45, 2.75) is 26.0 Å². The highest BCUT2D eigenvalue weighted by molar-refractivity contribution is 5.88. The van der Waals surface area contributed by atoms with Gasteiger partial charge in [-0.15, -0.1) is 0 Å². The van der Waals surface area contributed by atoms with Gasteiger partial charge in [-0.25, -0.2) is 4.79 Å². The summed E-state index contributed by atoms with van der Waals surface area (Å²) >= 11 is 0. The summed E-state index contributed by atoms with van der Waals surface area (Å²) in [6.45, 7) is 1.81. The van der Waals surface area contributed by atoms with Crippen LogP contribution in [-0.2, 0) is 22.6 Å². The number of benzene rings is 1. The lowest BCUT2D eigenvalue weighted by Gasteiger charge is -2.13. The van der Waals surface area contributed by atoms with E-state index in [9.17, 15) is 9.59 Å². The zero-order valence-corrected chi connectivity index (χ0v) is 12.4. The van der Waals surface area contributed by atoms with Crippen LogP contribution in [0.25, 0.3) is 0 Å². The van der Waals surface area contributed by atoms with E-state index in [2.05, 4.69) is 10.3 Å². The van der Waals surface area contributed by atoms with Crippen molar-refractivity contribution >= 4 is 11.9 Å². The van der Waals surface area contributed by atoms with Crippen LogP contribution in [0.1, 0.15) is 18.2 Å². The maximum absolute atomic E-state index is 12.0. The predicted octanol–water partition coefficient (Wildman–Crippen LogP) is 2.51. The van der Waals surface area contributed by atoms with Crippen molar-refractivity contribution in [2.24, 2.45) is 0 Å². The number of Topliss-reactive ketones (excluding diaryl/α,β-unsaturated/α-hetero) is 1. The van der Waals surface area contributed by atoms with Gasteiger partial charge in [0.15, 0.2) is 5.78 Å². The van der Waals surface area contributed by atoms with Gasteiger partial charge in [0.25, 0.3) is 0 Å². The maximum Gasteiger partial charge on any atom is 0.408 e. The summed E-state index contributed by atoms with van der Waals surface area (Å²) in [6.07, 6.45) is 1.21. The van der Waals surface area contributed by atoms with Crippen LogP contribution >= 0.6 is 0 Å². The zero-order valence-electron chi connectivity index (χ0n) is 12.4. The average molecular weight is 298 g/mol. The molecule has 0 aliphatic carbocycles. The zero-order chi connectivity index (χ0) is 15.8. The molecule has 0 saturated carbocycles. The molecule has 1 aromatic carbocycles. The highest BCUT2D eigenvalue weighted by Gasteiger charge is 2.17. The van der Waals surface area contributed by atoms with Crippen molar-refractivity contribution in [3.8, 4) is 0 Å². The minimum Gasteiger partial charge on any atom is -0.445 e. The monoisotopic (exact) mass is 298 g/mol. The Morgan fingerprint density at radius 2 is 1.86 bits per heavy atom. The van der Waals surface area contributed by atoms with E-state index in [1.54, 1.807) is 25.3 Å². The van der Waals surface area contributed by atoms with E-state index < -0.39 is 12.1 Å². The van der Waals surface area contributed by atoms with Gasteiger partial charge in [0.1, 0.15) is 6.61 Å². The second-order valence-corrected chi connectivity index (χ2v) is 4.89. The minimum atomic E-state index is -0.620. The number of aromatic nitrogens is 1. The van der Waals surface area contributed by atoms with Crippen molar-refractivity contribution in [1.29, 1.82) is 0 Å². The number of rotatable bonds is 6. The van der Waals surface area contributed by atoms with Crippen molar-refractivity contribution in [3.63, 3.8) is 0 Å². The fraction of sp³-hybridized carbons (Fsp3) is 0.235. The molecule has 2 aromatic rings. The Hall–Kier alpha value is -2.69. The van der Waals surface area contributed by atoms with Gasteiger partial charge >= 0.3 is 6.09 Å². The van der Waals surface area contributed by atoms with Crippen LogP contribution in [0.5, 0.6) is 0 Å². The van der Waals surface area contributed by atoms with Gasteiger partial charge in [0.2, 0.25) is 0 Å². The highest BCUT2D eigenvalue weighted by atomic mass is 16.5. The lowest BCUT2D eigenvalue weighted by Crippen LogP contribution is -2.39. The van der Waals surface area contributed by atoms with Crippen LogP contribution < -0.4 is 5.32 Å². The molecule has 1 atom stereocenters. The van der Waals surface area contributed by atoms with E-state index in [0.29, 0.717) is 5.69 Å². The van der Waals surface area contributed by atoms with Crippen molar-refractivity contribution in [2.75, 3.05) is 0 Å². The number of nitrogens with zero attached hydrogens (tertiary/aromatic N) is 1. The van der Waals surface area contributed by atoms with Gasteiger partial charge in [-0.1, -0.05) is 36.4 Å². The molecule has 2 rings (SSSR count). The first-order valence-electron chi connectivity index (χ1n) is 7.05. The third-order valence-corrected chi connectivity index (χ3v) is 3.11. The highest BCUT2D eigenvalue weighted by Crippen LogP contribution is 2.02. The fourth-order valence-electron chi connectivity index (χ4n) is 1.86. The number of alkyl carbamates (subject to hydrolysis) is 1. The SMILES string of the molecule is C[C@H](NC(=O)OCc1ccccc1)C(=O)Cc1ccccn1. The lowest BCUT2D eigenvalue weighted by atomic mass is 10.1. The molecular formula is C17H18N2O3. The second kappa shape index (κ2) is 7.93. The third-order valence-electron chi connectivity index (χ3n) is 3.11. The van der Waals surface area contributed by atoms with E-state index in [1.807, 2.05) is 36.4 Å². The van der Waals surface area contributed by atoms with Gasteiger partial charge in [0.05, 0.1) is 12.5 Å². The largest absolute Gasteiger partial charge is 0.445 e. The molecule has 0 spiro atoms. The third kappa shape index (κ3) is 5.01. The molecule has 0 saturated heterocycles. The smallest absolute Gasteiger partial charge is 0.408 e. The molecular weight excluding hydrogens is 280 g/mol. The molecule has 22 heavy (non-hydrogen) atoms. The van der Waals surface area contributed by atoms with Crippen LogP contribution in [-0.4, -0.2) is 22.9 Å². The summed E-state index contributed by atoms with van der Waals surface area (Å²) in [5.74, 6) is -0.115. The molecule has 0 aliphatic rings. The molecule has 0 aliphatic heterocycles. The Kier molecular flexibility index (Phi) is 5.65. The van der Waals surface area contributed by atoms with Crippen LogP contribution in [0.2, 0.25) is 0 Å². The Morgan fingerprint density at radius 1 is 1.14 bits per heavy atom. The average Bonchev–Trinajstić information content (AvgIpc) is 2.55. The van der Waals surface area contributed by atoms with Gasteiger partial charge in [-0.3, -0.25) is 9.78 Å². The standard InChI is InChI=1S/C17H18N2O3/c1-13(16(20)11-15-9-5-6-10-18-15)19-17(21)22-12-14-7-3-2-4-8-14/h2-10,13H,11-12H2,1H3,(H,19,21)/t13-/m0/s1. The van der Waals surface area contributed by atoms with Crippen molar-refractivity contribution in [1.82, 2.24) is 10.3 Å². The summed E-state index contributed by atoms with van der Waals surface area (Å²) < 4.78 is 5.08. The first kappa shape index (κ1) is 15.7. The number of amides is 1. The maximum atomic E-state index is 12.0. The quantitative estimate of drug-likeness (QED) is 0.889. The van der Waals surface area contributed by atoms with E-state index in [1.165, 1.54) is 0 Å². The number of nitrogens with one attached hydrogen (secondary N) is 1. The Balaban J connectivity index is 1.77. The summed E-state index contributed by atoms with van der Waals surface area (Å²) in [4.78, 5) is 27.8. The molecule has 1 heterocycles. The van der Waals surface area contributed by atoms with E-state index in [4.69, 9.17) is 4.74 Å². The molecule has 114 valence electrons. The molecule has 1 N–H and O–H groups in total. The first-order chi connectivity index (χ1) is 10.6. The van der Waals surface area contributed by atoms with Crippen LogP contribution in [0.4, 0.5) is 4.79 Å². The minimum absolute atomic E-state index is 0.115. The van der Waals surface area contributed by atoms with E-state index >= 15 is 0 Å². The number of pyridine rings is 1. The predicted molar refractivity (Wildman–Crippen MR) is 82.2 cm³/mol. The van der Waals surface area contributed by atoms with Crippen LogP contribution in [0.15, 0.2) is 54.7 Å². The van der Waals surface area contributed by atoms with E-state index in [0.717, 1.165) is 5.56 Å². The van der Waals surface area contributed by atoms with Gasteiger partial charge in [-0.2, -0.15) is 0 Å². The molecule has 1 aromatic heterocycles. The summed E-state index contributed by atoms with van der Waals surface area (Å²) in [5.41, 5.74) is 1.57. The number of hydrogen-bond acceptors (Lipinski definition) is 4. The summed E-state index contributed by atoms with van der Waals surface area (Å²) in [6, 6.07) is 14.1. The molecule has 0 bridgehead atoms. The molecule has 5 nitrogen and oxygen atoms in total.